The topological polar surface area (TPSA) is 37.3 Å². The van der Waals surface area contributed by atoms with Gasteiger partial charge in [0.15, 0.2) is 0 Å². The monoisotopic (exact) mass is 254 g/mol. The molecule has 1 saturated carbocycles. The predicted molar refractivity (Wildman–Crippen MR) is 63.6 cm³/mol. The van der Waals surface area contributed by atoms with Gasteiger partial charge in [-0.25, -0.2) is 8.78 Å². The van der Waals surface area contributed by atoms with Crippen LogP contribution in [-0.4, -0.2) is 11.1 Å². The van der Waals surface area contributed by atoms with Crippen LogP contribution < -0.4 is 0 Å². The minimum absolute atomic E-state index is 0.102. The van der Waals surface area contributed by atoms with Crippen LogP contribution in [0.1, 0.15) is 50.2 Å². The standard InChI is InChI=1S/C14H16F2O2/c1-8(2)9-6-10(12(16)7-11(9)15)14(13(17)18)4-3-5-14/h6-8H,3-5H2,1-2H3,(H,17,18). The van der Waals surface area contributed by atoms with Crippen LogP contribution in [0.5, 0.6) is 0 Å². The van der Waals surface area contributed by atoms with Crippen molar-refractivity contribution in [2.24, 2.45) is 0 Å². The smallest absolute Gasteiger partial charge is 0.314 e. The molecule has 0 spiro atoms. The Bertz CT molecular complexity index is 491. The first-order valence-electron chi connectivity index (χ1n) is 6.11. The van der Waals surface area contributed by atoms with Crippen molar-refractivity contribution in [3.63, 3.8) is 0 Å². The van der Waals surface area contributed by atoms with Gasteiger partial charge in [-0.3, -0.25) is 4.79 Å². The molecule has 0 heterocycles. The highest BCUT2D eigenvalue weighted by molar-refractivity contribution is 5.82. The molecule has 2 nitrogen and oxygen atoms in total. The highest BCUT2D eigenvalue weighted by atomic mass is 19.1. The van der Waals surface area contributed by atoms with Crippen molar-refractivity contribution >= 4 is 5.97 Å². The van der Waals surface area contributed by atoms with E-state index in [2.05, 4.69) is 0 Å². The molecular formula is C14H16F2O2. The van der Waals surface area contributed by atoms with E-state index >= 15 is 0 Å². The summed E-state index contributed by atoms with van der Waals surface area (Å²) < 4.78 is 27.5. The number of benzene rings is 1. The fraction of sp³-hybridized carbons (Fsp3) is 0.500. The Balaban J connectivity index is 2.57. The molecule has 0 bridgehead atoms. The maximum Gasteiger partial charge on any atom is 0.314 e. The van der Waals surface area contributed by atoms with Gasteiger partial charge in [-0.15, -0.1) is 0 Å². The van der Waals surface area contributed by atoms with Gasteiger partial charge < -0.3 is 5.11 Å². The molecular weight excluding hydrogens is 238 g/mol. The van der Waals surface area contributed by atoms with Crippen LogP contribution in [0.15, 0.2) is 12.1 Å². The molecule has 4 heteroatoms. The summed E-state index contributed by atoms with van der Waals surface area (Å²) in [6, 6.07) is 2.20. The Labute approximate surface area is 105 Å². The van der Waals surface area contributed by atoms with Crippen LogP contribution in [0.25, 0.3) is 0 Å². The van der Waals surface area contributed by atoms with Crippen LogP contribution >= 0.6 is 0 Å². The maximum absolute atomic E-state index is 13.9. The van der Waals surface area contributed by atoms with Gasteiger partial charge in [-0.2, -0.15) is 0 Å². The summed E-state index contributed by atoms with van der Waals surface area (Å²) in [6.45, 7) is 3.60. The molecule has 1 aromatic rings. The molecule has 0 amide bonds. The van der Waals surface area contributed by atoms with Crippen LogP contribution in [0.3, 0.4) is 0 Å². The van der Waals surface area contributed by atoms with Crippen LogP contribution in [0.4, 0.5) is 8.78 Å². The fourth-order valence-electron chi connectivity index (χ4n) is 2.50. The van der Waals surface area contributed by atoms with Crippen molar-refractivity contribution in [2.45, 2.75) is 44.4 Å². The van der Waals surface area contributed by atoms with Gasteiger partial charge >= 0.3 is 5.97 Å². The van der Waals surface area contributed by atoms with Gasteiger partial charge in [0.2, 0.25) is 0 Å². The molecule has 1 aliphatic carbocycles. The molecule has 2 rings (SSSR count). The normalized spacial score (nSPS) is 17.6. The first-order chi connectivity index (χ1) is 8.38. The van der Waals surface area contributed by atoms with Crippen LogP contribution in [0, 0.1) is 11.6 Å². The van der Waals surface area contributed by atoms with Gasteiger partial charge in [0, 0.05) is 11.6 Å². The lowest BCUT2D eigenvalue weighted by atomic mass is 9.64. The molecule has 0 radical (unpaired) electrons. The Morgan fingerprint density at radius 1 is 1.28 bits per heavy atom. The summed E-state index contributed by atoms with van der Waals surface area (Å²) in [6.07, 6.45) is 1.60. The Morgan fingerprint density at radius 3 is 2.28 bits per heavy atom. The number of carboxylic acids is 1. The second-order valence-electron chi connectivity index (χ2n) is 5.25. The van der Waals surface area contributed by atoms with E-state index in [4.69, 9.17) is 0 Å². The number of aliphatic carboxylic acids is 1. The predicted octanol–water partition coefficient (Wildman–Crippen LogP) is 3.59. The van der Waals surface area contributed by atoms with Crippen molar-refractivity contribution in [1.29, 1.82) is 0 Å². The van der Waals surface area contributed by atoms with Gasteiger partial charge in [0.1, 0.15) is 11.6 Å². The molecule has 0 atom stereocenters. The summed E-state index contributed by atoms with van der Waals surface area (Å²) in [5.41, 5.74) is -0.646. The second kappa shape index (κ2) is 4.34. The molecule has 1 N–H and O–H groups in total. The highest BCUT2D eigenvalue weighted by Crippen LogP contribution is 2.45. The number of hydrogen-bond acceptors (Lipinski definition) is 1. The fourth-order valence-corrected chi connectivity index (χ4v) is 2.50. The third kappa shape index (κ3) is 1.80. The minimum atomic E-state index is -1.15. The molecule has 98 valence electrons. The second-order valence-corrected chi connectivity index (χ2v) is 5.25. The van der Waals surface area contributed by atoms with Crippen molar-refractivity contribution in [3.8, 4) is 0 Å². The third-order valence-electron chi connectivity index (χ3n) is 3.84. The van der Waals surface area contributed by atoms with Gasteiger partial charge in [-0.05, 0) is 30.4 Å². The molecule has 0 saturated heterocycles. The molecule has 0 aromatic heterocycles. The van der Waals surface area contributed by atoms with E-state index in [1.54, 1.807) is 13.8 Å². The summed E-state index contributed by atoms with van der Waals surface area (Å²) in [5, 5.41) is 9.30. The molecule has 0 aliphatic heterocycles. The lowest BCUT2D eigenvalue weighted by molar-refractivity contribution is -0.147. The third-order valence-corrected chi connectivity index (χ3v) is 3.84. The first-order valence-corrected chi connectivity index (χ1v) is 6.11. The maximum atomic E-state index is 13.9. The molecule has 1 fully saturated rings. The van der Waals surface area contributed by atoms with Gasteiger partial charge in [0.25, 0.3) is 0 Å². The quantitative estimate of drug-likeness (QED) is 0.894. The number of rotatable bonds is 3. The zero-order valence-electron chi connectivity index (χ0n) is 10.5. The minimum Gasteiger partial charge on any atom is -0.481 e. The van der Waals surface area contributed by atoms with E-state index in [-0.39, 0.29) is 11.5 Å². The average Bonchev–Trinajstić information content (AvgIpc) is 2.18. The van der Waals surface area contributed by atoms with Crippen molar-refractivity contribution in [3.05, 3.63) is 34.9 Å². The Hall–Kier alpha value is -1.45. The van der Waals surface area contributed by atoms with Crippen LogP contribution in [0.2, 0.25) is 0 Å². The van der Waals surface area contributed by atoms with Crippen molar-refractivity contribution in [1.82, 2.24) is 0 Å². The van der Waals surface area contributed by atoms with Gasteiger partial charge in [0.05, 0.1) is 5.41 Å². The van der Waals surface area contributed by atoms with E-state index in [0.717, 1.165) is 12.5 Å². The Kier molecular flexibility index (Phi) is 3.13. The highest BCUT2D eigenvalue weighted by Gasteiger charge is 2.47. The average molecular weight is 254 g/mol. The molecule has 18 heavy (non-hydrogen) atoms. The van der Waals surface area contributed by atoms with E-state index < -0.39 is 23.0 Å². The lowest BCUT2D eigenvalue weighted by Crippen LogP contribution is -2.43. The number of hydrogen-bond donors (Lipinski definition) is 1. The molecule has 1 aliphatic rings. The summed E-state index contributed by atoms with van der Waals surface area (Å²) in [7, 11) is 0. The van der Waals surface area contributed by atoms with E-state index in [1.165, 1.54) is 6.07 Å². The number of halogens is 2. The van der Waals surface area contributed by atoms with E-state index in [9.17, 15) is 18.7 Å². The zero-order valence-corrected chi connectivity index (χ0v) is 10.5. The lowest BCUT2D eigenvalue weighted by Gasteiger charge is -2.38. The van der Waals surface area contributed by atoms with Crippen molar-refractivity contribution in [2.75, 3.05) is 0 Å². The summed E-state index contributed by atoms with van der Waals surface area (Å²) in [4.78, 5) is 11.4. The van der Waals surface area contributed by atoms with Crippen molar-refractivity contribution < 1.29 is 18.7 Å². The molecule has 0 unspecified atom stereocenters. The molecule has 1 aromatic carbocycles. The van der Waals surface area contributed by atoms with Crippen LogP contribution in [-0.2, 0) is 10.2 Å². The van der Waals surface area contributed by atoms with E-state index in [0.29, 0.717) is 18.4 Å². The SMILES string of the molecule is CC(C)c1cc(C2(C(=O)O)CCC2)c(F)cc1F. The summed E-state index contributed by atoms with van der Waals surface area (Å²) in [5.74, 6) is -2.48. The first kappa shape index (κ1) is 13.0. The Morgan fingerprint density at radius 2 is 1.89 bits per heavy atom. The summed E-state index contributed by atoms with van der Waals surface area (Å²) >= 11 is 0. The largest absolute Gasteiger partial charge is 0.481 e. The van der Waals surface area contributed by atoms with E-state index in [1.807, 2.05) is 0 Å². The van der Waals surface area contributed by atoms with Gasteiger partial charge in [-0.1, -0.05) is 20.3 Å². The number of carbonyl (C=O) groups is 1. The zero-order chi connectivity index (χ0) is 13.5. The number of carboxylic acid groups (broad SMARTS) is 1.